The maximum atomic E-state index is 9.67. The summed E-state index contributed by atoms with van der Waals surface area (Å²) < 4.78 is 11.0. The number of nitrogens with one attached hydrogen (secondary N) is 1. The third-order valence-electron chi connectivity index (χ3n) is 4.04. The highest BCUT2D eigenvalue weighted by Crippen LogP contribution is 2.32. The summed E-state index contributed by atoms with van der Waals surface area (Å²) in [5.41, 5.74) is 4.28. The molecule has 1 aromatic heterocycles. The molecule has 0 aliphatic rings. The standard InChI is InChI=1S/C21H19Cl2N3O3/c1-13-3-9-17(21(25-13)29-19-11-15(22)6-10-18(19)23)20(26-27)24-12-14-4-7-16(28-2)8-5-14/h3-11,27H,12H2,1-2H3,(H,24,26). The Kier molecular flexibility index (Phi) is 6.93. The number of hydrogen-bond acceptors (Lipinski definition) is 5. The molecule has 1 heterocycles. The molecule has 0 radical (unpaired) electrons. The van der Waals surface area contributed by atoms with Gasteiger partial charge in [0, 0.05) is 16.8 Å². The second-order valence-corrected chi connectivity index (χ2v) is 6.95. The number of ether oxygens (including phenoxy) is 2. The third kappa shape index (κ3) is 5.38. The Morgan fingerprint density at radius 3 is 2.55 bits per heavy atom. The summed E-state index contributed by atoms with van der Waals surface area (Å²) >= 11 is 12.2. The number of rotatable bonds is 6. The molecule has 0 saturated carbocycles. The van der Waals surface area contributed by atoms with E-state index in [0.717, 1.165) is 17.0 Å². The Morgan fingerprint density at radius 1 is 1.10 bits per heavy atom. The van der Waals surface area contributed by atoms with E-state index in [4.69, 9.17) is 32.7 Å². The number of nitrogens with zero attached hydrogens (tertiary/aromatic N) is 2. The number of amidine groups is 1. The van der Waals surface area contributed by atoms with Gasteiger partial charge in [0.2, 0.25) is 5.88 Å². The summed E-state index contributed by atoms with van der Waals surface area (Å²) in [6.07, 6.45) is 0. The van der Waals surface area contributed by atoms with E-state index in [9.17, 15) is 5.21 Å². The van der Waals surface area contributed by atoms with Crippen molar-refractivity contribution in [3.63, 3.8) is 0 Å². The highest BCUT2D eigenvalue weighted by atomic mass is 35.5. The van der Waals surface area contributed by atoms with Crippen molar-refractivity contribution in [3.05, 3.63) is 81.5 Å². The lowest BCUT2D eigenvalue weighted by Gasteiger charge is -2.13. The second kappa shape index (κ2) is 9.60. The lowest BCUT2D eigenvalue weighted by atomic mass is 10.2. The molecule has 2 aromatic carbocycles. The molecule has 2 N–H and O–H groups in total. The predicted molar refractivity (Wildman–Crippen MR) is 114 cm³/mol. The summed E-state index contributed by atoms with van der Waals surface area (Å²) in [6.45, 7) is 2.16. The van der Waals surface area contributed by atoms with Crippen LogP contribution in [0.2, 0.25) is 10.0 Å². The van der Waals surface area contributed by atoms with Gasteiger partial charge in [-0.2, -0.15) is 0 Å². The maximum Gasteiger partial charge on any atom is 0.230 e. The quantitative estimate of drug-likeness (QED) is 0.309. The van der Waals surface area contributed by atoms with Crippen molar-refractivity contribution in [3.8, 4) is 17.4 Å². The van der Waals surface area contributed by atoms with Crippen molar-refractivity contribution in [2.24, 2.45) is 4.99 Å². The second-order valence-electron chi connectivity index (χ2n) is 6.11. The van der Waals surface area contributed by atoms with Crippen LogP contribution in [0, 0.1) is 6.92 Å². The van der Waals surface area contributed by atoms with Crippen LogP contribution in [-0.2, 0) is 6.54 Å². The van der Waals surface area contributed by atoms with E-state index in [0.29, 0.717) is 27.9 Å². The van der Waals surface area contributed by atoms with E-state index in [1.54, 1.807) is 37.4 Å². The van der Waals surface area contributed by atoms with Gasteiger partial charge in [0.05, 0.1) is 24.2 Å². The highest BCUT2D eigenvalue weighted by molar-refractivity contribution is 6.34. The van der Waals surface area contributed by atoms with Gasteiger partial charge in [0.1, 0.15) is 11.5 Å². The first kappa shape index (κ1) is 20.9. The Balaban J connectivity index is 1.91. The van der Waals surface area contributed by atoms with Gasteiger partial charge in [-0.25, -0.2) is 4.98 Å². The number of methoxy groups -OCH3 is 1. The van der Waals surface area contributed by atoms with Crippen molar-refractivity contribution in [2.45, 2.75) is 13.5 Å². The zero-order chi connectivity index (χ0) is 20.8. The lowest BCUT2D eigenvalue weighted by molar-refractivity contribution is 0.234. The molecule has 0 aliphatic carbocycles. The largest absolute Gasteiger partial charge is 0.497 e. The van der Waals surface area contributed by atoms with Gasteiger partial charge in [-0.3, -0.25) is 15.7 Å². The first-order chi connectivity index (χ1) is 14.0. The predicted octanol–water partition coefficient (Wildman–Crippen LogP) is 5.42. The van der Waals surface area contributed by atoms with Gasteiger partial charge in [-0.15, -0.1) is 0 Å². The first-order valence-electron chi connectivity index (χ1n) is 8.68. The van der Waals surface area contributed by atoms with Crippen LogP contribution >= 0.6 is 23.2 Å². The molecule has 0 atom stereocenters. The molecule has 0 spiro atoms. The van der Waals surface area contributed by atoms with E-state index < -0.39 is 0 Å². The van der Waals surface area contributed by atoms with Gasteiger partial charge in [-0.05, 0) is 48.9 Å². The molecule has 6 nitrogen and oxygen atoms in total. The number of aliphatic imine (C=N–C) groups is 1. The number of pyridine rings is 1. The van der Waals surface area contributed by atoms with Crippen LogP contribution in [0.3, 0.4) is 0 Å². The first-order valence-corrected chi connectivity index (χ1v) is 9.44. The number of hydrogen-bond donors (Lipinski definition) is 2. The van der Waals surface area contributed by atoms with E-state index in [2.05, 4.69) is 15.5 Å². The molecule has 29 heavy (non-hydrogen) atoms. The fourth-order valence-corrected chi connectivity index (χ4v) is 2.85. The fourth-order valence-electron chi connectivity index (χ4n) is 2.53. The Labute approximate surface area is 178 Å². The van der Waals surface area contributed by atoms with Gasteiger partial charge < -0.3 is 9.47 Å². The third-order valence-corrected chi connectivity index (χ3v) is 4.59. The summed E-state index contributed by atoms with van der Waals surface area (Å²) in [5, 5.41) is 10.5. The van der Waals surface area contributed by atoms with E-state index in [-0.39, 0.29) is 11.7 Å². The summed E-state index contributed by atoms with van der Waals surface area (Å²) in [5.74, 6) is 1.56. The molecule has 3 rings (SSSR count). The van der Waals surface area contributed by atoms with Crippen LogP contribution in [0.15, 0.2) is 59.6 Å². The van der Waals surface area contributed by atoms with Crippen LogP contribution in [0.5, 0.6) is 17.4 Å². The molecule has 3 aromatic rings. The van der Waals surface area contributed by atoms with Crippen molar-refractivity contribution in [1.29, 1.82) is 0 Å². The van der Waals surface area contributed by atoms with Crippen LogP contribution < -0.4 is 15.0 Å². The van der Waals surface area contributed by atoms with E-state index in [1.807, 2.05) is 31.2 Å². The van der Waals surface area contributed by atoms with Crippen molar-refractivity contribution >= 4 is 29.0 Å². The molecule has 0 aliphatic heterocycles. The normalized spacial score (nSPS) is 11.3. The Morgan fingerprint density at radius 2 is 1.86 bits per heavy atom. The highest BCUT2D eigenvalue weighted by Gasteiger charge is 2.15. The van der Waals surface area contributed by atoms with Gasteiger partial charge in [0.15, 0.2) is 5.84 Å². The average Bonchev–Trinajstić information content (AvgIpc) is 2.73. The van der Waals surface area contributed by atoms with Gasteiger partial charge >= 0.3 is 0 Å². The average molecular weight is 432 g/mol. The molecule has 8 heteroatoms. The van der Waals surface area contributed by atoms with Crippen LogP contribution in [-0.4, -0.2) is 23.1 Å². The molecule has 0 unspecified atom stereocenters. The topological polar surface area (TPSA) is 76.0 Å². The molecule has 0 bridgehead atoms. The van der Waals surface area contributed by atoms with Crippen molar-refractivity contribution in [1.82, 2.24) is 10.5 Å². The van der Waals surface area contributed by atoms with E-state index in [1.165, 1.54) is 0 Å². The molecular formula is C21H19Cl2N3O3. The summed E-state index contributed by atoms with van der Waals surface area (Å²) in [7, 11) is 1.61. The number of aromatic nitrogens is 1. The zero-order valence-electron chi connectivity index (χ0n) is 15.8. The van der Waals surface area contributed by atoms with E-state index >= 15 is 0 Å². The van der Waals surface area contributed by atoms with Gasteiger partial charge in [0.25, 0.3) is 0 Å². The molecule has 0 saturated heterocycles. The number of aryl methyl sites for hydroxylation is 1. The fraction of sp³-hybridized carbons (Fsp3) is 0.143. The Hall–Kier alpha value is -2.80. The van der Waals surface area contributed by atoms with Crippen molar-refractivity contribution in [2.75, 3.05) is 7.11 Å². The van der Waals surface area contributed by atoms with Crippen LogP contribution in [0.25, 0.3) is 0 Å². The number of benzene rings is 2. The monoisotopic (exact) mass is 431 g/mol. The molecular weight excluding hydrogens is 413 g/mol. The molecule has 0 fully saturated rings. The smallest absolute Gasteiger partial charge is 0.230 e. The zero-order valence-corrected chi connectivity index (χ0v) is 17.3. The van der Waals surface area contributed by atoms with Crippen LogP contribution in [0.4, 0.5) is 0 Å². The van der Waals surface area contributed by atoms with Crippen LogP contribution in [0.1, 0.15) is 16.8 Å². The minimum Gasteiger partial charge on any atom is -0.497 e. The maximum absolute atomic E-state index is 9.67. The van der Waals surface area contributed by atoms with Crippen molar-refractivity contribution < 1.29 is 14.7 Å². The lowest BCUT2D eigenvalue weighted by Crippen LogP contribution is -2.22. The minimum absolute atomic E-state index is 0.210. The SMILES string of the molecule is COc1ccc(CN=C(NO)c2ccc(C)nc2Oc2cc(Cl)ccc2Cl)cc1. The number of halogens is 2. The van der Waals surface area contributed by atoms with Gasteiger partial charge in [-0.1, -0.05) is 35.3 Å². The summed E-state index contributed by atoms with van der Waals surface area (Å²) in [6, 6.07) is 15.9. The minimum atomic E-state index is 0.210. The Bertz CT molecular complexity index is 1020. The summed E-state index contributed by atoms with van der Waals surface area (Å²) in [4.78, 5) is 8.86. The number of hydroxylamine groups is 1. The molecule has 150 valence electrons. The molecule has 0 amide bonds.